The lowest BCUT2D eigenvalue weighted by molar-refractivity contribution is -0.185. The van der Waals surface area contributed by atoms with Crippen LogP contribution in [0, 0.1) is 16.2 Å². The van der Waals surface area contributed by atoms with Gasteiger partial charge in [-0.2, -0.15) is 34.8 Å². The molecule has 2 unspecified atom stereocenters. The third-order valence-electron chi connectivity index (χ3n) is 4.49. The Kier molecular flexibility index (Phi) is 27.6. The molecule has 0 heterocycles. The predicted molar refractivity (Wildman–Crippen MR) is 155 cm³/mol. The summed E-state index contributed by atoms with van der Waals surface area (Å²) in [7, 11) is -9.06. The van der Waals surface area contributed by atoms with E-state index >= 15 is 0 Å². The number of alkyl halides is 6. The highest BCUT2D eigenvalue weighted by Crippen LogP contribution is 2.26. The molecule has 2 atom stereocenters. The van der Waals surface area contributed by atoms with Gasteiger partial charge in [-0.15, -0.1) is 0 Å². The van der Waals surface area contributed by atoms with E-state index in [0.717, 1.165) is 6.26 Å². The monoisotopic (exact) mass is 711 g/mol. The van der Waals surface area contributed by atoms with E-state index < -0.39 is 88.8 Å². The van der Waals surface area contributed by atoms with Crippen LogP contribution in [0.2, 0.25) is 0 Å². The quantitative estimate of drug-likeness (QED) is 0.0719. The lowest BCUT2D eigenvalue weighted by atomic mass is 9.92. The molecule has 0 amide bonds. The van der Waals surface area contributed by atoms with Gasteiger partial charge in [0, 0.05) is 16.2 Å². The Bertz CT molecular complexity index is 875. The maximum absolute atomic E-state index is 12.4. The Morgan fingerprint density at radius 1 is 0.523 bits per heavy atom. The van der Waals surface area contributed by atoms with E-state index in [2.05, 4.69) is 13.7 Å². The van der Waals surface area contributed by atoms with E-state index in [0.29, 0.717) is 0 Å². The Labute approximate surface area is 260 Å². The maximum Gasteiger partial charge on any atom is 0.411 e. The summed E-state index contributed by atoms with van der Waals surface area (Å²) in [6, 6.07) is 0. The van der Waals surface area contributed by atoms with Crippen molar-refractivity contribution in [2.75, 3.05) is 72.3 Å². The summed E-state index contributed by atoms with van der Waals surface area (Å²) >= 11 is 0. The van der Waals surface area contributed by atoms with E-state index in [9.17, 15) is 47.7 Å². The topological polar surface area (TPSA) is 183 Å². The van der Waals surface area contributed by atoms with Crippen molar-refractivity contribution >= 4 is 20.5 Å². The zero-order valence-electron chi connectivity index (χ0n) is 23.1. The molecule has 44 heavy (non-hydrogen) atoms. The van der Waals surface area contributed by atoms with Crippen molar-refractivity contribution in [1.29, 1.82) is 0 Å². The van der Waals surface area contributed by atoms with Crippen molar-refractivity contribution < 1.29 is 75.0 Å². The zero-order chi connectivity index (χ0) is 30.8. The molecule has 20 heteroatoms. The molecule has 0 rings (SSSR count). The van der Waals surface area contributed by atoms with Gasteiger partial charge < -0.3 is 29.7 Å². The van der Waals surface area contributed by atoms with Gasteiger partial charge in [0.1, 0.15) is 13.2 Å². The second-order valence-electron chi connectivity index (χ2n) is 10.6. The fraction of sp³-hybridized carbons (Fsp3) is 1.00. The van der Waals surface area contributed by atoms with E-state index in [1.54, 1.807) is 13.8 Å². The van der Waals surface area contributed by atoms with E-state index in [4.69, 9.17) is 13.7 Å². The Morgan fingerprint density at radius 2 is 0.795 bits per heavy atom. The average Bonchev–Trinajstić information content (AvgIpc) is 2.68. The second-order valence-corrected chi connectivity index (χ2v) is 13.3. The molecule has 276 valence electrons. The normalized spacial score (nSPS) is 15.2. The molecule has 0 saturated carbocycles. The van der Waals surface area contributed by atoms with Gasteiger partial charge in [-0.1, -0.05) is 57.4 Å². The average molecular weight is 712 g/mol. The largest absolute Gasteiger partial charge is 0.726 e. The third-order valence-corrected chi connectivity index (χ3v) is 5.44. The minimum atomic E-state index is -5.14. The molecule has 0 aliphatic heterocycles. The summed E-state index contributed by atoms with van der Waals surface area (Å²) < 4.78 is 159. The van der Waals surface area contributed by atoms with Crippen molar-refractivity contribution in [3.63, 3.8) is 0 Å². The zero-order valence-corrected chi connectivity index (χ0v) is 24.8. The summed E-state index contributed by atoms with van der Waals surface area (Å²) in [6.45, 7) is -0.596. The molecule has 0 radical (unpaired) electrons. The van der Waals surface area contributed by atoms with Gasteiger partial charge in [0.25, 0.3) is 10.1 Å². The molecule has 0 saturated heterocycles. The summed E-state index contributed by atoms with van der Waals surface area (Å²) in [4.78, 5) is 0. The van der Waals surface area contributed by atoms with Crippen LogP contribution in [-0.4, -0.2) is 106 Å². The minimum absolute atomic E-state index is 0. The molecule has 0 aromatic rings. The van der Waals surface area contributed by atoms with Crippen LogP contribution in [0.4, 0.5) is 26.3 Å². The fourth-order valence-corrected chi connectivity index (χ4v) is 3.66. The molecule has 0 aromatic carbocycles. The first kappa shape index (κ1) is 55.6. The first-order valence-corrected chi connectivity index (χ1v) is 14.3. The molecule has 0 aliphatic rings. The van der Waals surface area contributed by atoms with Crippen molar-refractivity contribution in [2.45, 2.75) is 69.8 Å². The highest BCUT2D eigenvalue weighted by molar-refractivity contribution is 7.86. The van der Waals surface area contributed by atoms with Crippen LogP contribution in [0.15, 0.2) is 0 Å². The summed E-state index contributed by atoms with van der Waals surface area (Å²) in [5.74, 6) is 0. The minimum Gasteiger partial charge on any atom is -0.726 e. The molecule has 0 spiro atoms. The number of halogens is 6. The van der Waals surface area contributed by atoms with Crippen LogP contribution in [-0.2, 0) is 47.8 Å². The van der Waals surface area contributed by atoms with E-state index in [1.807, 2.05) is 0 Å². The molecule has 0 bridgehead atoms. The van der Waals surface area contributed by atoms with Crippen molar-refractivity contribution in [1.82, 2.24) is 6.15 Å². The van der Waals surface area contributed by atoms with Crippen LogP contribution in [0.1, 0.15) is 57.4 Å². The maximum atomic E-state index is 12.4. The Morgan fingerprint density at radius 3 is 1.05 bits per heavy atom. The number of rotatable bonds is 20. The molecule has 12 nitrogen and oxygen atoms in total. The lowest BCUT2D eigenvalue weighted by Gasteiger charge is -2.33. The third kappa shape index (κ3) is 32.6. The highest BCUT2D eigenvalue weighted by Gasteiger charge is 2.35. The van der Waals surface area contributed by atoms with Gasteiger partial charge in [0.2, 0.25) is 10.4 Å². The van der Waals surface area contributed by atoms with Gasteiger partial charge in [-0.25, -0.2) is 8.42 Å². The van der Waals surface area contributed by atoms with Crippen LogP contribution in [0.25, 0.3) is 0 Å². The molecule has 0 aromatic heterocycles. The molecule has 0 fully saturated rings. The smallest absolute Gasteiger partial charge is 0.411 e. The van der Waals surface area contributed by atoms with Crippen LogP contribution in [0.5, 0.6) is 0 Å². The number of ether oxygens (including phenoxy) is 4. The lowest BCUT2D eigenvalue weighted by Crippen LogP contribution is -2.39. The molecule has 4 N–H and O–H groups in total. The second kappa shape index (κ2) is 21.9. The van der Waals surface area contributed by atoms with Gasteiger partial charge in [-0.05, 0) is 0 Å². The number of hydrogen-bond donors (Lipinski definition) is 1. The van der Waals surface area contributed by atoms with Crippen LogP contribution >= 0.6 is 0 Å². The fourth-order valence-electron chi connectivity index (χ4n) is 2.73. The highest BCUT2D eigenvalue weighted by atomic mass is 32.3. The SMILES string of the molecule is C.C.C.C.CC(C)(COCC(C)(COCC(F)(F)F)COS(C)(=O)=O)COCC(C)(COCC(F)(F)F)COS(=O)(=O)[O-].[NH4+]. The summed E-state index contributed by atoms with van der Waals surface area (Å²) in [5.41, 5.74) is -3.55. The van der Waals surface area contributed by atoms with E-state index in [-0.39, 0.29) is 62.3 Å². The summed E-state index contributed by atoms with van der Waals surface area (Å²) in [5, 5.41) is 0. The molecular formula is C24H55F6NO11S2. The standard InChI is InChI=1S/C20H36F6O11S2.4CH4.H3N/c1-16(2,6-32-8-17(3,12-36-38(5,27)28)10-34-14-19(21,22)23)7-33-9-18(4,13-37-39(29,30)31)11-35-15-20(24,25)26;;;;;/h6-15H2,1-5H3,(H,29,30,31);4*1H4;1H3. The Hall–Kier alpha value is -0.840. The van der Waals surface area contributed by atoms with Gasteiger partial charge >= 0.3 is 12.4 Å². The molecular weight excluding hydrogens is 656 g/mol. The van der Waals surface area contributed by atoms with Crippen LogP contribution in [0.3, 0.4) is 0 Å². The summed E-state index contributed by atoms with van der Waals surface area (Å²) in [6.07, 6.45) is -8.48. The molecule has 0 aliphatic carbocycles. The van der Waals surface area contributed by atoms with Gasteiger partial charge in [0.05, 0.1) is 59.1 Å². The predicted octanol–water partition coefficient (Wildman–Crippen LogP) is 5.59. The first-order chi connectivity index (χ1) is 17.2. The number of quaternary nitrogens is 1. The van der Waals surface area contributed by atoms with Gasteiger partial charge in [0.15, 0.2) is 0 Å². The van der Waals surface area contributed by atoms with Gasteiger partial charge in [-0.3, -0.25) is 8.37 Å². The Balaban J connectivity index is -0.000000722. The van der Waals surface area contributed by atoms with Crippen molar-refractivity contribution in [2.24, 2.45) is 16.2 Å². The van der Waals surface area contributed by atoms with Crippen molar-refractivity contribution in [3.05, 3.63) is 0 Å². The first-order valence-electron chi connectivity index (χ1n) is 11.1. The van der Waals surface area contributed by atoms with Crippen LogP contribution < -0.4 is 6.15 Å². The number of hydrogen-bond acceptors (Lipinski definition) is 11. The van der Waals surface area contributed by atoms with Crippen molar-refractivity contribution in [3.8, 4) is 0 Å². The van der Waals surface area contributed by atoms with E-state index in [1.165, 1.54) is 13.8 Å².